The number of thiophene rings is 1. The van der Waals surface area contributed by atoms with E-state index in [1.54, 1.807) is 23.7 Å². The number of ether oxygens (including phenoxy) is 1. The topological polar surface area (TPSA) is 66.7 Å². The molecule has 124 valence electrons. The van der Waals surface area contributed by atoms with E-state index in [2.05, 4.69) is 27.0 Å². The SMILES string of the molecule is O=C(NCc1ccco1)NC[C@@H](c1cccs1)N1CCOCC1. The fourth-order valence-electron chi connectivity index (χ4n) is 2.61. The van der Waals surface area contributed by atoms with Crippen LogP contribution in [0.4, 0.5) is 4.79 Å². The molecule has 0 aromatic carbocycles. The molecule has 1 atom stereocenters. The average Bonchev–Trinajstić information content (AvgIpc) is 3.28. The Morgan fingerprint density at radius 2 is 2.13 bits per heavy atom. The zero-order valence-corrected chi connectivity index (χ0v) is 13.7. The molecule has 0 saturated carbocycles. The number of amides is 2. The third-order valence-electron chi connectivity index (χ3n) is 3.82. The molecule has 2 N–H and O–H groups in total. The number of carbonyl (C=O) groups excluding carboxylic acids is 1. The number of hydrogen-bond acceptors (Lipinski definition) is 5. The number of nitrogens with one attached hydrogen (secondary N) is 2. The molecule has 1 aliphatic rings. The summed E-state index contributed by atoms with van der Waals surface area (Å²) in [6, 6.07) is 7.81. The van der Waals surface area contributed by atoms with Gasteiger partial charge in [-0.15, -0.1) is 11.3 Å². The molecular weight excluding hydrogens is 314 g/mol. The minimum atomic E-state index is -0.184. The zero-order chi connectivity index (χ0) is 15.9. The fourth-order valence-corrected chi connectivity index (χ4v) is 3.47. The first-order valence-corrected chi connectivity index (χ1v) is 8.60. The molecule has 1 saturated heterocycles. The first kappa shape index (κ1) is 16.0. The number of urea groups is 1. The van der Waals surface area contributed by atoms with Gasteiger partial charge in [-0.1, -0.05) is 6.07 Å². The van der Waals surface area contributed by atoms with Crippen molar-refractivity contribution in [2.75, 3.05) is 32.8 Å². The Morgan fingerprint density at radius 3 is 2.83 bits per heavy atom. The summed E-state index contributed by atoms with van der Waals surface area (Å²) >= 11 is 1.72. The second kappa shape index (κ2) is 8.14. The lowest BCUT2D eigenvalue weighted by molar-refractivity contribution is 0.0174. The van der Waals surface area contributed by atoms with Crippen molar-refractivity contribution in [2.45, 2.75) is 12.6 Å². The van der Waals surface area contributed by atoms with Gasteiger partial charge >= 0.3 is 6.03 Å². The molecule has 2 aromatic rings. The normalized spacial score (nSPS) is 16.9. The van der Waals surface area contributed by atoms with Crippen LogP contribution in [0.25, 0.3) is 0 Å². The molecule has 2 amide bonds. The Balaban J connectivity index is 1.52. The van der Waals surface area contributed by atoms with Crippen LogP contribution in [-0.2, 0) is 11.3 Å². The summed E-state index contributed by atoms with van der Waals surface area (Å²) in [6.45, 7) is 4.22. The zero-order valence-electron chi connectivity index (χ0n) is 12.9. The maximum absolute atomic E-state index is 12.0. The minimum Gasteiger partial charge on any atom is -0.467 e. The van der Waals surface area contributed by atoms with Crippen LogP contribution < -0.4 is 10.6 Å². The van der Waals surface area contributed by atoms with Gasteiger partial charge in [-0.25, -0.2) is 4.79 Å². The molecule has 23 heavy (non-hydrogen) atoms. The average molecular weight is 335 g/mol. The smallest absolute Gasteiger partial charge is 0.315 e. The van der Waals surface area contributed by atoms with Gasteiger partial charge < -0.3 is 19.8 Å². The molecule has 6 nitrogen and oxygen atoms in total. The lowest BCUT2D eigenvalue weighted by Crippen LogP contribution is -2.45. The van der Waals surface area contributed by atoms with Crippen molar-refractivity contribution in [3.63, 3.8) is 0 Å². The number of rotatable bonds is 6. The summed E-state index contributed by atoms with van der Waals surface area (Å²) in [5, 5.41) is 7.84. The maximum Gasteiger partial charge on any atom is 0.315 e. The van der Waals surface area contributed by atoms with Crippen LogP contribution in [0.2, 0.25) is 0 Å². The lowest BCUT2D eigenvalue weighted by atomic mass is 10.2. The van der Waals surface area contributed by atoms with Crippen LogP contribution in [0.3, 0.4) is 0 Å². The number of furan rings is 1. The molecule has 0 radical (unpaired) electrons. The highest BCUT2D eigenvalue weighted by Gasteiger charge is 2.23. The van der Waals surface area contributed by atoms with Gasteiger partial charge in [0.25, 0.3) is 0 Å². The highest BCUT2D eigenvalue weighted by Crippen LogP contribution is 2.25. The first-order chi connectivity index (χ1) is 11.3. The van der Waals surface area contributed by atoms with E-state index in [0.717, 1.165) is 32.1 Å². The van der Waals surface area contributed by atoms with Crippen LogP contribution in [-0.4, -0.2) is 43.8 Å². The van der Waals surface area contributed by atoms with Crippen LogP contribution in [0.1, 0.15) is 16.7 Å². The Morgan fingerprint density at radius 1 is 1.26 bits per heavy atom. The number of carbonyl (C=O) groups is 1. The molecule has 1 fully saturated rings. The number of morpholine rings is 1. The van der Waals surface area contributed by atoms with Crippen LogP contribution in [0.5, 0.6) is 0 Å². The van der Waals surface area contributed by atoms with Crippen molar-refractivity contribution in [3.8, 4) is 0 Å². The van der Waals surface area contributed by atoms with E-state index in [-0.39, 0.29) is 12.1 Å². The molecule has 0 aliphatic carbocycles. The third-order valence-corrected chi connectivity index (χ3v) is 4.79. The Hall–Kier alpha value is -1.83. The van der Waals surface area contributed by atoms with Gasteiger partial charge in [-0.05, 0) is 23.6 Å². The van der Waals surface area contributed by atoms with E-state index in [0.29, 0.717) is 13.1 Å². The van der Waals surface area contributed by atoms with Gasteiger partial charge in [0, 0.05) is 24.5 Å². The Kier molecular flexibility index (Phi) is 5.68. The second-order valence-corrected chi connectivity index (χ2v) is 6.30. The molecule has 2 aromatic heterocycles. The van der Waals surface area contributed by atoms with Crippen molar-refractivity contribution >= 4 is 17.4 Å². The Bertz CT molecular complexity index is 580. The predicted molar refractivity (Wildman–Crippen MR) is 88.4 cm³/mol. The third kappa shape index (κ3) is 4.57. The molecule has 1 aliphatic heterocycles. The largest absolute Gasteiger partial charge is 0.467 e. The van der Waals surface area contributed by atoms with Crippen LogP contribution in [0, 0.1) is 0 Å². The van der Waals surface area contributed by atoms with Gasteiger partial charge in [-0.3, -0.25) is 4.90 Å². The van der Waals surface area contributed by atoms with E-state index in [4.69, 9.17) is 9.15 Å². The van der Waals surface area contributed by atoms with Crippen LogP contribution in [0.15, 0.2) is 40.3 Å². The number of nitrogens with zero attached hydrogens (tertiary/aromatic N) is 1. The van der Waals surface area contributed by atoms with E-state index in [1.165, 1.54) is 4.88 Å². The van der Waals surface area contributed by atoms with Crippen molar-refractivity contribution in [1.82, 2.24) is 15.5 Å². The second-order valence-electron chi connectivity index (χ2n) is 5.32. The highest BCUT2D eigenvalue weighted by atomic mass is 32.1. The lowest BCUT2D eigenvalue weighted by Gasteiger charge is -2.34. The van der Waals surface area contributed by atoms with Gasteiger partial charge in [-0.2, -0.15) is 0 Å². The van der Waals surface area contributed by atoms with E-state index in [9.17, 15) is 4.79 Å². The molecule has 3 heterocycles. The predicted octanol–water partition coefficient (Wildman–Crippen LogP) is 2.21. The quantitative estimate of drug-likeness (QED) is 0.849. The monoisotopic (exact) mass is 335 g/mol. The van der Waals surface area contributed by atoms with Crippen molar-refractivity contribution < 1.29 is 13.9 Å². The van der Waals surface area contributed by atoms with Gasteiger partial charge in [0.1, 0.15) is 5.76 Å². The summed E-state index contributed by atoms with van der Waals surface area (Å²) in [5.74, 6) is 0.739. The van der Waals surface area contributed by atoms with Gasteiger partial charge in [0.15, 0.2) is 0 Å². The van der Waals surface area contributed by atoms with Crippen molar-refractivity contribution in [2.24, 2.45) is 0 Å². The molecule has 0 unspecified atom stereocenters. The molecule has 7 heteroatoms. The maximum atomic E-state index is 12.0. The van der Waals surface area contributed by atoms with Crippen molar-refractivity contribution in [3.05, 3.63) is 46.5 Å². The minimum absolute atomic E-state index is 0.184. The number of hydrogen-bond donors (Lipinski definition) is 2. The van der Waals surface area contributed by atoms with Gasteiger partial charge in [0.2, 0.25) is 0 Å². The standard InChI is InChI=1S/C16H21N3O3S/c20-16(17-11-13-3-1-7-22-13)18-12-14(15-4-2-10-23-15)19-5-8-21-9-6-19/h1-4,7,10,14H,5-6,8-9,11-12H2,(H2,17,18,20)/t14-/m0/s1. The van der Waals surface area contributed by atoms with E-state index in [1.807, 2.05) is 12.1 Å². The Labute approximate surface area is 139 Å². The summed E-state index contributed by atoms with van der Waals surface area (Å²) in [6.07, 6.45) is 1.60. The summed E-state index contributed by atoms with van der Waals surface area (Å²) < 4.78 is 10.6. The highest BCUT2D eigenvalue weighted by molar-refractivity contribution is 7.10. The summed E-state index contributed by atoms with van der Waals surface area (Å²) in [5.41, 5.74) is 0. The van der Waals surface area contributed by atoms with Crippen LogP contribution >= 0.6 is 11.3 Å². The van der Waals surface area contributed by atoms with Crippen molar-refractivity contribution in [1.29, 1.82) is 0 Å². The fraction of sp³-hybridized carbons (Fsp3) is 0.438. The summed E-state index contributed by atoms with van der Waals surface area (Å²) in [4.78, 5) is 15.6. The van der Waals surface area contributed by atoms with Gasteiger partial charge in [0.05, 0.1) is 32.1 Å². The van der Waals surface area contributed by atoms with E-state index < -0.39 is 0 Å². The van der Waals surface area contributed by atoms with E-state index >= 15 is 0 Å². The summed E-state index contributed by atoms with van der Waals surface area (Å²) in [7, 11) is 0. The molecule has 0 spiro atoms. The first-order valence-electron chi connectivity index (χ1n) is 7.72. The molecule has 3 rings (SSSR count). The molecule has 0 bridgehead atoms. The molecular formula is C16H21N3O3S.